The van der Waals surface area contributed by atoms with E-state index in [2.05, 4.69) is 28.2 Å². The first-order chi connectivity index (χ1) is 7.06. The second kappa shape index (κ2) is 4.56. The molecule has 1 rings (SSSR count). The van der Waals surface area contributed by atoms with Gasteiger partial charge < -0.3 is 5.32 Å². The van der Waals surface area contributed by atoms with Crippen LogP contribution in [0, 0.1) is 25.2 Å². The molecular weight excluding hydrogens is 188 g/mol. The van der Waals surface area contributed by atoms with Gasteiger partial charge in [-0.15, -0.1) is 5.10 Å². The van der Waals surface area contributed by atoms with Gasteiger partial charge in [0.15, 0.2) is 5.82 Å². The fourth-order valence-electron chi connectivity index (χ4n) is 1.10. The van der Waals surface area contributed by atoms with Gasteiger partial charge in [-0.25, -0.2) is 0 Å². The minimum Gasteiger partial charge on any atom is -0.364 e. The van der Waals surface area contributed by atoms with Crippen LogP contribution in [0.2, 0.25) is 0 Å². The molecule has 0 atom stereocenters. The SMILES string of the molecule is C=C(C)CNc1nnc(C)c(C)c1C#N. The molecule has 1 N–H and O–H groups in total. The predicted octanol–water partition coefficient (Wildman–Crippen LogP) is 1.95. The van der Waals surface area contributed by atoms with E-state index in [-0.39, 0.29) is 0 Å². The summed E-state index contributed by atoms with van der Waals surface area (Å²) in [5.74, 6) is 0.531. The number of hydrogen-bond donors (Lipinski definition) is 1. The van der Waals surface area contributed by atoms with E-state index in [4.69, 9.17) is 5.26 Å². The predicted molar refractivity (Wildman–Crippen MR) is 59.5 cm³/mol. The molecule has 1 heterocycles. The third kappa shape index (κ3) is 2.53. The van der Waals surface area contributed by atoms with E-state index < -0.39 is 0 Å². The molecule has 0 fully saturated rings. The summed E-state index contributed by atoms with van der Waals surface area (Å²) < 4.78 is 0. The third-order valence-corrected chi connectivity index (χ3v) is 2.12. The fourth-order valence-corrected chi connectivity index (χ4v) is 1.10. The van der Waals surface area contributed by atoms with E-state index in [0.29, 0.717) is 17.9 Å². The van der Waals surface area contributed by atoms with Gasteiger partial charge in [-0.05, 0) is 26.3 Å². The summed E-state index contributed by atoms with van der Waals surface area (Å²) in [6.07, 6.45) is 0. The van der Waals surface area contributed by atoms with E-state index in [1.807, 2.05) is 20.8 Å². The van der Waals surface area contributed by atoms with Crippen molar-refractivity contribution in [2.24, 2.45) is 0 Å². The zero-order valence-corrected chi connectivity index (χ0v) is 9.26. The molecule has 0 spiro atoms. The van der Waals surface area contributed by atoms with Crippen LogP contribution < -0.4 is 5.32 Å². The first-order valence-corrected chi connectivity index (χ1v) is 4.68. The van der Waals surface area contributed by atoms with Crippen molar-refractivity contribution in [3.8, 4) is 6.07 Å². The Morgan fingerprint density at radius 3 is 2.67 bits per heavy atom. The summed E-state index contributed by atoms with van der Waals surface area (Å²) in [5, 5.41) is 20.0. The zero-order valence-electron chi connectivity index (χ0n) is 9.26. The van der Waals surface area contributed by atoms with Crippen molar-refractivity contribution < 1.29 is 0 Å². The highest BCUT2D eigenvalue weighted by Crippen LogP contribution is 2.16. The quantitative estimate of drug-likeness (QED) is 0.761. The van der Waals surface area contributed by atoms with Gasteiger partial charge in [-0.2, -0.15) is 10.4 Å². The summed E-state index contributed by atoms with van der Waals surface area (Å²) in [7, 11) is 0. The maximum Gasteiger partial charge on any atom is 0.167 e. The molecule has 0 bridgehead atoms. The molecule has 0 amide bonds. The van der Waals surface area contributed by atoms with Crippen molar-refractivity contribution >= 4 is 5.82 Å². The molecule has 1 aromatic heterocycles. The average Bonchev–Trinajstić information content (AvgIpc) is 2.19. The van der Waals surface area contributed by atoms with Crippen LogP contribution in [0.15, 0.2) is 12.2 Å². The number of aryl methyl sites for hydroxylation is 1. The number of rotatable bonds is 3. The van der Waals surface area contributed by atoms with Gasteiger partial charge in [0.25, 0.3) is 0 Å². The van der Waals surface area contributed by atoms with E-state index in [1.165, 1.54) is 0 Å². The second-order valence-electron chi connectivity index (χ2n) is 3.56. The van der Waals surface area contributed by atoms with E-state index in [9.17, 15) is 0 Å². The lowest BCUT2D eigenvalue weighted by Gasteiger charge is -2.08. The van der Waals surface area contributed by atoms with Crippen molar-refractivity contribution in [3.63, 3.8) is 0 Å². The molecule has 0 aliphatic heterocycles. The highest BCUT2D eigenvalue weighted by atomic mass is 15.2. The smallest absolute Gasteiger partial charge is 0.167 e. The molecule has 0 unspecified atom stereocenters. The lowest BCUT2D eigenvalue weighted by molar-refractivity contribution is 0.948. The van der Waals surface area contributed by atoms with Crippen molar-refractivity contribution in [1.29, 1.82) is 5.26 Å². The van der Waals surface area contributed by atoms with Crippen molar-refractivity contribution in [2.75, 3.05) is 11.9 Å². The molecule has 4 heteroatoms. The monoisotopic (exact) mass is 202 g/mol. The molecule has 4 nitrogen and oxygen atoms in total. The number of anilines is 1. The molecule has 78 valence electrons. The molecule has 0 saturated carbocycles. The summed E-state index contributed by atoms with van der Waals surface area (Å²) in [5.41, 5.74) is 3.20. The number of nitrogens with zero attached hydrogens (tertiary/aromatic N) is 3. The van der Waals surface area contributed by atoms with Crippen LogP contribution in [0.5, 0.6) is 0 Å². The van der Waals surface area contributed by atoms with Gasteiger partial charge in [0.2, 0.25) is 0 Å². The molecule has 0 aliphatic rings. The zero-order chi connectivity index (χ0) is 11.4. The normalized spacial score (nSPS) is 9.47. The Balaban J connectivity index is 3.04. The molecule has 0 aromatic carbocycles. The van der Waals surface area contributed by atoms with Gasteiger partial charge in [-0.1, -0.05) is 12.2 Å². The van der Waals surface area contributed by atoms with Crippen LogP contribution >= 0.6 is 0 Å². The molecule has 1 aromatic rings. The second-order valence-corrected chi connectivity index (χ2v) is 3.56. The van der Waals surface area contributed by atoms with Gasteiger partial charge >= 0.3 is 0 Å². The van der Waals surface area contributed by atoms with E-state index in [0.717, 1.165) is 16.8 Å². The molecule has 0 radical (unpaired) electrons. The summed E-state index contributed by atoms with van der Waals surface area (Å²) in [6.45, 7) is 9.99. The standard InChI is InChI=1S/C11H14N4/c1-7(2)6-13-11-10(5-12)8(3)9(4)14-15-11/h1,6H2,2-4H3,(H,13,15). The number of nitrogens with one attached hydrogen (secondary N) is 1. The van der Waals surface area contributed by atoms with Crippen LogP contribution in [-0.4, -0.2) is 16.7 Å². The molecule has 15 heavy (non-hydrogen) atoms. The average molecular weight is 202 g/mol. The number of aromatic nitrogens is 2. The highest BCUT2D eigenvalue weighted by molar-refractivity contribution is 5.56. The Kier molecular flexibility index (Phi) is 3.40. The Bertz CT molecular complexity index is 429. The Morgan fingerprint density at radius 2 is 2.13 bits per heavy atom. The Morgan fingerprint density at radius 1 is 1.47 bits per heavy atom. The highest BCUT2D eigenvalue weighted by Gasteiger charge is 2.09. The van der Waals surface area contributed by atoms with Crippen molar-refractivity contribution in [2.45, 2.75) is 20.8 Å². The van der Waals surface area contributed by atoms with Gasteiger partial charge in [0.05, 0.1) is 5.69 Å². The summed E-state index contributed by atoms with van der Waals surface area (Å²) >= 11 is 0. The number of hydrogen-bond acceptors (Lipinski definition) is 4. The van der Waals surface area contributed by atoms with E-state index in [1.54, 1.807) is 0 Å². The van der Waals surface area contributed by atoms with Crippen molar-refractivity contribution in [1.82, 2.24) is 10.2 Å². The molecule has 0 aliphatic carbocycles. The van der Waals surface area contributed by atoms with Crippen molar-refractivity contribution in [3.05, 3.63) is 29.0 Å². The lowest BCUT2D eigenvalue weighted by atomic mass is 10.1. The fraction of sp³-hybridized carbons (Fsp3) is 0.364. The topological polar surface area (TPSA) is 61.6 Å². The molecular formula is C11H14N4. The van der Waals surface area contributed by atoms with Gasteiger partial charge in [-0.3, -0.25) is 0 Å². The maximum absolute atomic E-state index is 9.01. The van der Waals surface area contributed by atoms with Crippen LogP contribution in [0.3, 0.4) is 0 Å². The first kappa shape index (κ1) is 11.2. The lowest BCUT2D eigenvalue weighted by Crippen LogP contribution is -2.09. The number of nitriles is 1. The summed E-state index contributed by atoms with van der Waals surface area (Å²) in [4.78, 5) is 0. The third-order valence-electron chi connectivity index (χ3n) is 2.12. The summed E-state index contributed by atoms with van der Waals surface area (Å²) in [6, 6.07) is 2.13. The Labute approximate surface area is 89.6 Å². The largest absolute Gasteiger partial charge is 0.364 e. The van der Waals surface area contributed by atoms with Crippen LogP contribution in [-0.2, 0) is 0 Å². The maximum atomic E-state index is 9.01. The van der Waals surface area contributed by atoms with Crippen LogP contribution in [0.1, 0.15) is 23.7 Å². The van der Waals surface area contributed by atoms with E-state index >= 15 is 0 Å². The first-order valence-electron chi connectivity index (χ1n) is 4.68. The minimum atomic E-state index is 0.531. The van der Waals surface area contributed by atoms with Gasteiger partial charge in [0, 0.05) is 6.54 Å². The Hall–Kier alpha value is -1.89. The van der Waals surface area contributed by atoms with Crippen LogP contribution in [0.4, 0.5) is 5.82 Å². The van der Waals surface area contributed by atoms with Crippen LogP contribution in [0.25, 0.3) is 0 Å². The minimum absolute atomic E-state index is 0.531. The van der Waals surface area contributed by atoms with Gasteiger partial charge in [0.1, 0.15) is 11.6 Å². The molecule has 0 saturated heterocycles.